The van der Waals surface area contributed by atoms with E-state index in [1.54, 1.807) is 0 Å². The Morgan fingerprint density at radius 2 is 1.67 bits per heavy atom. The zero-order valence-corrected chi connectivity index (χ0v) is 13.7. The second kappa shape index (κ2) is 10.2. The molecule has 3 N–H and O–H groups in total. The zero-order valence-electron chi connectivity index (χ0n) is 13.7. The number of nitrogens with one attached hydrogen (secondary N) is 2. The van der Waals surface area contributed by atoms with E-state index in [9.17, 15) is 9.90 Å². The molecule has 0 fully saturated rings. The molecular weight excluding hydrogens is 300 g/mol. The normalized spacial score (nSPS) is 12.0. The molecule has 0 saturated heterocycles. The van der Waals surface area contributed by atoms with Crippen LogP contribution >= 0.6 is 0 Å². The van der Waals surface area contributed by atoms with Crippen molar-refractivity contribution in [2.75, 3.05) is 19.7 Å². The Hall–Kier alpha value is -2.59. The van der Waals surface area contributed by atoms with Gasteiger partial charge >= 0.3 is 6.03 Å². The molecule has 0 aliphatic rings. The average Bonchev–Trinajstić information content (AvgIpc) is 2.64. The highest BCUT2D eigenvalue weighted by Crippen LogP contribution is 2.17. The summed E-state index contributed by atoms with van der Waals surface area (Å²) in [7, 11) is 0. The van der Waals surface area contributed by atoms with E-state index in [0.29, 0.717) is 19.5 Å². The number of hydrogen-bond acceptors (Lipinski definition) is 2. The van der Waals surface area contributed by atoms with Crippen LogP contribution in [0.15, 0.2) is 66.7 Å². The molecule has 2 aromatic carbocycles. The lowest BCUT2D eigenvalue weighted by Gasteiger charge is -2.17. The number of aliphatic hydroxyl groups is 1. The monoisotopic (exact) mass is 324 g/mol. The van der Waals surface area contributed by atoms with E-state index in [2.05, 4.69) is 10.6 Å². The van der Waals surface area contributed by atoms with Crippen molar-refractivity contribution in [1.29, 1.82) is 0 Å². The van der Waals surface area contributed by atoms with E-state index >= 15 is 0 Å². The molecule has 1 unspecified atom stereocenters. The third-order valence-electron chi connectivity index (χ3n) is 3.75. The summed E-state index contributed by atoms with van der Waals surface area (Å²) in [5, 5.41) is 14.9. The molecule has 0 aliphatic carbocycles. The van der Waals surface area contributed by atoms with E-state index in [4.69, 9.17) is 0 Å². The molecule has 0 aromatic heterocycles. The number of hydrogen-bond donors (Lipinski definition) is 3. The fourth-order valence-corrected chi connectivity index (χ4v) is 2.46. The molecule has 24 heavy (non-hydrogen) atoms. The third kappa shape index (κ3) is 6.26. The van der Waals surface area contributed by atoms with Gasteiger partial charge < -0.3 is 15.7 Å². The molecule has 0 aliphatic heterocycles. The lowest BCUT2D eigenvalue weighted by atomic mass is 9.96. The van der Waals surface area contributed by atoms with E-state index in [-0.39, 0.29) is 18.6 Å². The Morgan fingerprint density at radius 3 is 2.33 bits per heavy atom. The highest BCUT2D eigenvalue weighted by atomic mass is 16.3. The van der Waals surface area contributed by atoms with Crippen LogP contribution in [0.1, 0.15) is 23.5 Å². The van der Waals surface area contributed by atoms with E-state index in [1.165, 1.54) is 0 Å². The molecule has 2 aromatic rings. The van der Waals surface area contributed by atoms with Gasteiger partial charge in [0.2, 0.25) is 0 Å². The molecule has 4 nitrogen and oxygen atoms in total. The summed E-state index contributed by atoms with van der Waals surface area (Å²) in [6.07, 6.45) is 4.51. The van der Waals surface area contributed by atoms with Crippen LogP contribution in [0.3, 0.4) is 0 Å². The summed E-state index contributed by atoms with van der Waals surface area (Å²) in [6.45, 7) is 1.07. The molecule has 0 saturated carbocycles. The Bertz CT molecular complexity index is 627. The van der Waals surface area contributed by atoms with E-state index in [0.717, 1.165) is 11.1 Å². The van der Waals surface area contributed by atoms with Crippen molar-refractivity contribution in [1.82, 2.24) is 10.6 Å². The zero-order chi connectivity index (χ0) is 17.0. The van der Waals surface area contributed by atoms with Crippen LogP contribution in [0.25, 0.3) is 6.08 Å². The maximum atomic E-state index is 11.9. The predicted molar refractivity (Wildman–Crippen MR) is 97.8 cm³/mol. The predicted octanol–water partition coefficient (Wildman–Crippen LogP) is 3.17. The molecule has 0 heterocycles. The quantitative estimate of drug-likeness (QED) is 0.698. The van der Waals surface area contributed by atoms with Gasteiger partial charge in [-0.2, -0.15) is 0 Å². The van der Waals surface area contributed by atoms with E-state index < -0.39 is 0 Å². The van der Waals surface area contributed by atoms with Gasteiger partial charge in [0.15, 0.2) is 0 Å². The maximum Gasteiger partial charge on any atom is 0.315 e. The Morgan fingerprint density at radius 1 is 1.00 bits per heavy atom. The number of rotatable bonds is 8. The van der Waals surface area contributed by atoms with Crippen molar-refractivity contribution in [2.45, 2.75) is 12.3 Å². The topological polar surface area (TPSA) is 61.4 Å². The molecule has 0 bridgehead atoms. The van der Waals surface area contributed by atoms with Gasteiger partial charge in [0.1, 0.15) is 0 Å². The second-order valence-corrected chi connectivity index (χ2v) is 5.52. The first-order valence-corrected chi connectivity index (χ1v) is 8.18. The molecule has 2 amide bonds. The minimum atomic E-state index is -0.202. The third-order valence-corrected chi connectivity index (χ3v) is 3.75. The van der Waals surface area contributed by atoms with Gasteiger partial charge in [0.25, 0.3) is 0 Å². The maximum absolute atomic E-state index is 11.9. The smallest absolute Gasteiger partial charge is 0.315 e. The summed E-state index contributed by atoms with van der Waals surface area (Å²) in [5.74, 6) is 0.113. The van der Waals surface area contributed by atoms with Crippen LogP contribution in [-0.2, 0) is 0 Å². The fraction of sp³-hybridized carbons (Fsp3) is 0.250. The molecule has 0 radical (unpaired) electrons. The summed E-state index contributed by atoms with van der Waals surface area (Å²) >= 11 is 0. The van der Waals surface area contributed by atoms with Gasteiger partial charge in [-0.1, -0.05) is 72.8 Å². The van der Waals surface area contributed by atoms with Gasteiger partial charge in [-0.15, -0.1) is 0 Å². The van der Waals surface area contributed by atoms with Crippen LogP contribution in [-0.4, -0.2) is 30.8 Å². The number of benzene rings is 2. The lowest BCUT2D eigenvalue weighted by molar-refractivity contribution is 0.238. The van der Waals surface area contributed by atoms with Crippen molar-refractivity contribution in [3.63, 3.8) is 0 Å². The first-order valence-electron chi connectivity index (χ1n) is 8.18. The van der Waals surface area contributed by atoms with Crippen LogP contribution in [0, 0.1) is 0 Å². The Balaban J connectivity index is 1.74. The van der Waals surface area contributed by atoms with Crippen molar-refractivity contribution < 1.29 is 9.90 Å². The Labute approximate surface area is 143 Å². The summed E-state index contributed by atoms with van der Waals surface area (Å²) < 4.78 is 0. The van der Waals surface area contributed by atoms with Gasteiger partial charge in [-0.05, 0) is 17.5 Å². The summed E-state index contributed by atoms with van der Waals surface area (Å²) in [5.41, 5.74) is 2.22. The molecular formula is C20H24N2O2. The fourth-order valence-electron chi connectivity index (χ4n) is 2.46. The van der Waals surface area contributed by atoms with E-state index in [1.807, 2.05) is 72.8 Å². The number of carbonyl (C=O) groups excluding carboxylic acids is 1. The van der Waals surface area contributed by atoms with Gasteiger partial charge in [0, 0.05) is 25.6 Å². The van der Waals surface area contributed by atoms with Crippen LogP contribution in [0.5, 0.6) is 0 Å². The van der Waals surface area contributed by atoms with Gasteiger partial charge in [0.05, 0.1) is 0 Å². The van der Waals surface area contributed by atoms with Crippen LogP contribution in [0.4, 0.5) is 4.79 Å². The minimum absolute atomic E-state index is 0.0999. The summed E-state index contributed by atoms with van der Waals surface area (Å²) in [6, 6.07) is 19.7. The first kappa shape index (κ1) is 17.8. The van der Waals surface area contributed by atoms with Crippen LogP contribution < -0.4 is 10.6 Å². The molecule has 0 spiro atoms. The standard InChI is InChI=1S/C20H24N2O2/c23-15-13-19(18-11-5-2-6-12-18)16-22-20(24)21-14-7-10-17-8-3-1-4-9-17/h1-12,19,23H,13-16H2,(H2,21,22,24)/b10-7+. The highest BCUT2D eigenvalue weighted by Gasteiger charge is 2.11. The average molecular weight is 324 g/mol. The van der Waals surface area contributed by atoms with Crippen LogP contribution in [0.2, 0.25) is 0 Å². The summed E-state index contributed by atoms with van der Waals surface area (Å²) in [4.78, 5) is 11.9. The molecule has 1 atom stereocenters. The van der Waals surface area contributed by atoms with Crippen molar-refractivity contribution in [3.05, 3.63) is 77.9 Å². The van der Waals surface area contributed by atoms with Crippen molar-refractivity contribution in [3.8, 4) is 0 Å². The minimum Gasteiger partial charge on any atom is -0.396 e. The Kier molecular flexibility index (Phi) is 7.57. The number of amides is 2. The SMILES string of the molecule is O=C(NC/C=C/c1ccccc1)NCC(CCO)c1ccccc1. The molecule has 126 valence electrons. The largest absolute Gasteiger partial charge is 0.396 e. The number of aliphatic hydroxyl groups excluding tert-OH is 1. The highest BCUT2D eigenvalue weighted by molar-refractivity contribution is 5.74. The van der Waals surface area contributed by atoms with Crippen molar-refractivity contribution in [2.24, 2.45) is 0 Å². The number of carbonyl (C=O) groups is 1. The van der Waals surface area contributed by atoms with Gasteiger partial charge in [-0.3, -0.25) is 0 Å². The number of urea groups is 1. The van der Waals surface area contributed by atoms with Gasteiger partial charge in [-0.25, -0.2) is 4.79 Å². The lowest BCUT2D eigenvalue weighted by Crippen LogP contribution is -2.38. The molecule has 2 rings (SSSR count). The first-order chi connectivity index (χ1) is 11.8. The molecule has 4 heteroatoms. The van der Waals surface area contributed by atoms with Crippen molar-refractivity contribution >= 4 is 12.1 Å². The second-order valence-electron chi connectivity index (χ2n) is 5.52.